The van der Waals surface area contributed by atoms with E-state index in [1.165, 1.54) is 18.6 Å². The Morgan fingerprint density at radius 3 is 2.50 bits per heavy atom. The number of oxime groups is 1. The van der Waals surface area contributed by atoms with Crippen LogP contribution in [0.4, 0.5) is 0 Å². The van der Waals surface area contributed by atoms with Crippen molar-refractivity contribution in [3.8, 4) is 0 Å². The van der Waals surface area contributed by atoms with Crippen molar-refractivity contribution in [2.45, 2.75) is 25.7 Å². The van der Waals surface area contributed by atoms with Gasteiger partial charge in [-0.2, -0.15) is 0 Å². The highest BCUT2D eigenvalue weighted by Gasteiger charge is 2.07. The lowest BCUT2D eigenvalue weighted by Gasteiger charge is -1.89. The average molecular weight is 113 g/mol. The number of hydrogen-bond acceptors (Lipinski definition) is 2. The van der Waals surface area contributed by atoms with E-state index in [4.69, 9.17) is 0 Å². The second kappa shape index (κ2) is 2.70. The molecule has 8 heavy (non-hydrogen) atoms. The van der Waals surface area contributed by atoms with Crippen molar-refractivity contribution in [1.29, 1.82) is 0 Å². The summed E-state index contributed by atoms with van der Waals surface area (Å²) >= 11 is 0. The van der Waals surface area contributed by atoms with Gasteiger partial charge in [0.15, 0.2) is 0 Å². The Balaban J connectivity index is 2.33. The largest absolute Gasteiger partial charge is 0.399 e. The maximum Gasteiger partial charge on any atom is 0.106 e. The average Bonchev–Trinajstić information content (AvgIpc) is 2.19. The van der Waals surface area contributed by atoms with Crippen LogP contribution in [0.25, 0.3) is 0 Å². The Bertz CT molecular complexity index is 90.7. The predicted octanol–water partition coefficient (Wildman–Crippen LogP) is 1.56. The molecule has 0 amide bonds. The van der Waals surface area contributed by atoms with Gasteiger partial charge >= 0.3 is 0 Å². The minimum atomic E-state index is 1.15. The van der Waals surface area contributed by atoms with Crippen molar-refractivity contribution in [3.05, 3.63) is 0 Å². The molecule has 1 saturated carbocycles. The summed E-state index contributed by atoms with van der Waals surface area (Å²) in [7, 11) is 1.60. The normalized spacial score (nSPS) is 18.9. The third-order valence-electron chi connectivity index (χ3n) is 1.40. The zero-order chi connectivity index (χ0) is 5.82. The molecule has 0 aromatic carbocycles. The van der Waals surface area contributed by atoms with Crippen molar-refractivity contribution in [2.24, 2.45) is 5.16 Å². The fourth-order valence-electron chi connectivity index (χ4n) is 1.00. The molecule has 1 aliphatic rings. The molecule has 2 heteroatoms. The quantitative estimate of drug-likeness (QED) is 0.473. The van der Waals surface area contributed by atoms with Crippen molar-refractivity contribution in [1.82, 2.24) is 0 Å². The van der Waals surface area contributed by atoms with Crippen LogP contribution in [0.2, 0.25) is 0 Å². The Morgan fingerprint density at radius 2 is 2.00 bits per heavy atom. The first-order valence-corrected chi connectivity index (χ1v) is 3.02. The van der Waals surface area contributed by atoms with Crippen LogP contribution in [0.15, 0.2) is 5.16 Å². The summed E-state index contributed by atoms with van der Waals surface area (Å²) in [6, 6.07) is 0. The van der Waals surface area contributed by atoms with Crippen LogP contribution in [-0.4, -0.2) is 12.8 Å². The lowest BCUT2D eigenvalue weighted by Crippen LogP contribution is -1.87. The monoisotopic (exact) mass is 113 g/mol. The second-order valence-corrected chi connectivity index (χ2v) is 2.05. The van der Waals surface area contributed by atoms with Gasteiger partial charge in [-0.1, -0.05) is 5.16 Å². The van der Waals surface area contributed by atoms with E-state index >= 15 is 0 Å². The van der Waals surface area contributed by atoms with Gasteiger partial charge in [-0.05, 0) is 25.7 Å². The van der Waals surface area contributed by atoms with E-state index in [1.54, 1.807) is 7.11 Å². The first kappa shape index (κ1) is 5.60. The van der Waals surface area contributed by atoms with E-state index in [1.807, 2.05) is 0 Å². The van der Waals surface area contributed by atoms with Crippen LogP contribution in [0, 0.1) is 0 Å². The smallest absolute Gasteiger partial charge is 0.106 e. The molecular formula is C6H11NO. The lowest BCUT2D eigenvalue weighted by atomic mass is 10.3. The van der Waals surface area contributed by atoms with Crippen LogP contribution < -0.4 is 0 Å². The topological polar surface area (TPSA) is 21.6 Å². The van der Waals surface area contributed by atoms with Crippen LogP contribution in [0.3, 0.4) is 0 Å². The van der Waals surface area contributed by atoms with Gasteiger partial charge in [0.2, 0.25) is 0 Å². The number of hydrogen-bond donors (Lipinski definition) is 0. The summed E-state index contributed by atoms with van der Waals surface area (Å²) in [6.45, 7) is 0. The molecule has 0 radical (unpaired) electrons. The Hall–Kier alpha value is -0.530. The summed E-state index contributed by atoms with van der Waals surface area (Å²) in [5.74, 6) is 0. The van der Waals surface area contributed by atoms with Crippen LogP contribution >= 0.6 is 0 Å². The first-order chi connectivity index (χ1) is 3.93. The highest BCUT2D eigenvalue weighted by molar-refractivity contribution is 5.85. The maximum absolute atomic E-state index is 4.61. The number of rotatable bonds is 1. The second-order valence-electron chi connectivity index (χ2n) is 2.05. The van der Waals surface area contributed by atoms with E-state index < -0.39 is 0 Å². The highest BCUT2D eigenvalue weighted by Crippen LogP contribution is 2.14. The molecule has 0 aromatic rings. The van der Waals surface area contributed by atoms with Gasteiger partial charge in [0, 0.05) is 0 Å². The molecule has 0 heterocycles. The Morgan fingerprint density at radius 1 is 1.38 bits per heavy atom. The molecular weight excluding hydrogens is 102 g/mol. The molecule has 0 bridgehead atoms. The Labute approximate surface area is 49.5 Å². The zero-order valence-electron chi connectivity index (χ0n) is 5.18. The third kappa shape index (κ3) is 1.22. The molecule has 0 N–H and O–H groups in total. The fraction of sp³-hybridized carbons (Fsp3) is 0.833. The van der Waals surface area contributed by atoms with Crippen molar-refractivity contribution >= 4 is 5.71 Å². The van der Waals surface area contributed by atoms with E-state index in [9.17, 15) is 0 Å². The van der Waals surface area contributed by atoms with E-state index in [2.05, 4.69) is 9.99 Å². The van der Waals surface area contributed by atoms with Gasteiger partial charge in [-0.25, -0.2) is 0 Å². The molecule has 0 aromatic heterocycles. The third-order valence-corrected chi connectivity index (χ3v) is 1.40. The van der Waals surface area contributed by atoms with Gasteiger partial charge in [-0.15, -0.1) is 0 Å². The van der Waals surface area contributed by atoms with E-state index in [0.717, 1.165) is 12.8 Å². The fourth-order valence-corrected chi connectivity index (χ4v) is 1.00. The molecule has 0 atom stereocenters. The lowest BCUT2D eigenvalue weighted by molar-refractivity contribution is 0.212. The molecule has 1 fully saturated rings. The van der Waals surface area contributed by atoms with Crippen molar-refractivity contribution in [2.75, 3.05) is 7.11 Å². The van der Waals surface area contributed by atoms with Crippen molar-refractivity contribution in [3.63, 3.8) is 0 Å². The zero-order valence-corrected chi connectivity index (χ0v) is 5.18. The van der Waals surface area contributed by atoms with Gasteiger partial charge in [-0.3, -0.25) is 0 Å². The molecule has 0 aliphatic heterocycles. The molecule has 2 nitrogen and oxygen atoms in total. The van der Waals surface area contributed by atoms with Crippen LogP contribution in [0.5, 0.6) is 0 Å². The summed E-state index contributed by atoms with van der Waals surface area (Å²) in [6.07, 6.45) is 4.88. The maximum atomic E-state index is 4.61. The summed E-state index contributed by atoms with van der Waals surface area (Å²) < 4.78 is 0. The highest BCUT2D eigenvalue weighted by atomic mass is 16.6. The van der Waals surface area contributed by atoms with E-state index in [-0.39, 0.29) is 0 Å². The number of nitrogens with zero attached hydrogens (tertiary/aromatic N) is 1. The summed E-state index contributed by atoms with van der Waals surface area (Å²) in [5, 5.41) is 3.84. The van der Waals surface area contributed by atoms with E-state index in [0.29, 0.717) is 0 Å². The molecule has 1 aliphatic carbocycles. The summed E-state index contributed by atoms with van der Waals surface area (Å²) in [4.78, 5) is 4.61. The van der Waals surface area contributed by atoms with Crippen LogP contribution in [-0.2, 0) is 4.84 Å². The standard InChI is InChI=1S/C6H11NO/c1-8-7-6-4-2-3-5-6/h2-5H2,1H3. The first-order valence-electron chi connectivity index (χ1n) is 3.02. The van der Waals surface area contributed by atoms with Gasteiger partial charge in [0.1, 0.15) is 7.11 Å². The molecule has 0 spiro atoms. The van der Waals surface area contributed by atoms with Crippen LogP contribution in [0.1, 0.15) is 25.7 Å². The minimum Gasteiger partial charge on any atom is -0.399 e. The van der Waals surface area contributed by atoms with Gasteiger partial charge < -0.3 is 4.84 Å². The van der Waals surface area contributed by atoms with Gasteiger partial charge in [0.05, 0.1) is 5.71 Å². The Kier molecular flexibility index (Phi) is 1.89. The van der Waals surface area contributed by atoms with Gasteiger partial charge in [0.25, 0.3) is 0 Å². The molecule has 0 saturated heterocycles. The summed E-state index contributed by atoms with van der Waals surface area (Å²) in [5.41, 5.74) is 1.23. The molecule has 1 rings (SSSR count). The SMILES string of the molecule is CON=C1CCCC1. The minimum absolute atomic E-state index is 1.15. The van der Waals surface area contributed by atoms with Crippen molar-refractivity contribution < 1.29 is 4.84 Å². The molecule has 0 unspecified atom stereocenters. The molecule has 46 valence electrons. The predicted molar refractivity (Wildman–Crippen MR) is 32.9 cm³/mol.